The number of para-hydroxylation sites is 6. The molecule has 4 aromatic carbocycles. The maximum atomic E-state index is 12.9. The van der Waals surface area contributed by atoms with Crippen LogP contribution < -0.4 is 20.1 Å². The van der Waals surface area contributed by atoms with Crippen LogP contribution in [0.25, 0.3) is 0 Å². The molecule has 3 aliphatic rings. The van der Waals surface area contributed by atoms with Crippen molar-refractivity contribution in [1.29, 1.82) is 0 Å². The maximum Gasteiger partial charge on any atom is 0.410 e. The zero-order chi connectivity index (χ0) is 44.4. The largest absolute Gasteiger partial charge is 0.455 e. The molecule has 3 heterocycles. The summed E-state index contributed by atoms with van der Waals surface area (Å²) in [4.78, 5) is 41.0. The van der Waals surface area contributed by atoms with Crippen LogP contribution in [-0.2, 0) is 19.0 Å². The first-order chi connectivity index (χ1) is 29.7. The van der Waals surface area contributed by atoms with Crippen molar-refractivity contribution < 1.29 is 38.1 Å². The maximum absolute atomic E-state index is 12.9. The zero-order valence-corrected chi connectivity index (χ0v) is 38.0. The first-order valence-corrected chi connectivity index (χ1v) is 21.9. The van der Waals surface area contributed by atoms with Crippen LogP contribution in [0.5, 0.6) is 23.0 Å². The van der Waals surface area contributed by atoms with Crippen molar-refractivity contribution >= 4 is 37.9 Å². The van der Waals surface area contributed by atoms with Gasteiger partial charge in [-0.25, -0.2) is 9.59 Å². The fourth-order valence-corrected chi connectivity index (χ4v) is 7.00. The van der Waals surface area contributed by atoms with E-state index in [1.165, 1.54) is 12.8 Å². The second-order valence-electron chi connectivity index (χ2n) is 17.7. The molecule has 3 saturated heterocycles. The third-order valence-electron chi connectivity index (χ3n) is 10.00. The number of benzene rings is 4. The third kappa shape index (κ3) is 17.9. The van der Waals surface area contributed by atoms with Crippen LogP contribution in [0.15, 0.2) is 109 Å². The SMILES string of the molecule is C1CCOC1.CC(C)(C)OC(=O)N1CCCC(C(=O)Nc2ccccc2Oc2ccccc2)C1.CC(C)(C)OC(=O)N1CCCC(CNc2ccccc2Oc2ccccc2)C1.[B]. The topological polar surface area (TPSA) is 128 Å². The molecule has 337 valence electrons. The Labute approximate surface area is 376 Å². The Balaban J connectivity index is 0.000000245. The molecule has 0 saturated carbocycles. The monoisotopic (exact) mass is 861 g/mol. The Morgan fingerprint density at radius 1 is 0.603 bits per heavy atom. The van der Waals surface area contributed by atoms with Crippen molar-refractivity contribution in [3.05, 3.63) is 109 Å². The van der Waals surface area contributed by atoms with Crippen LogP contribution in [-0.4, -0.2) is 93.4 Å². The lowest BCUT2D eigenvalue weighted by Crippen LogP contribution is -2.45. The molecule has 0 aromatic heterocycles. The molecule has 4 aromatic rings. The summed E-state index contributed by atoms with van der Waals surface area (Å²) in [7, 11) is 0. The zero-order valence-electron chi connectivity index (χ0n) is 38.0. The van der Waals surface area contributed by atoms with Crippen molar-refractivity contribution in [3.63, 3.8) is 0 Å². The van der Waals surface area contributed by atoms with Gasteiger partial charge in [0.2, 0.25) is 5.91 Å². The normalized spacial score (nSPS) is 17.2. The molecule has 63 heavy (non-hydrogen) atoms. The van der Waals surface area contributed by atoms with Crippen molar-refractivity contribution in [1.82, 2.24) is 9.80 Å². The van der Waals surface area contributed by atoms with E-state index in [0.717, 1.165) is 69.2 Å². The van der Waals surface area contributed by atoms with Gasteiger partial charge in [-0.15, -0.1) is 0 Å². The Hall–Kier alpha value is -5.69. The van der Waals surface area contributed by atoms with E-state index in [4.69, 9.17) is 23.7 Å². The average molecular weight is 862 g/mol. The van der Waals surface area contributed by atoms with E-state index in [0.29, 0.717) is 42.7 Å². The van der Waals surface area contributed by atoms with Gasteiger partial charge in [0.25, 0.3) is 0 Å². The molecule has 13 heteroatoms. The summed E-state index contributed by atoms with van der Waals surface area (Å²) in [6.45, 7) is 16.4. The number of ether oxygens (including phenoxy) is 5. The molecule has 0 aliphatic carbocycles. The molecule has 2 unspecified atom stereocenters. The van der Waals surface area contributed by atoms with E-state index in [2.05, 4.69) is 10.6 Å². The number of likely N-dealkylation sites (tertiary alicyclic amines) is 2. The van der Waals surface area contributed by atoms with Crippen LogP contribution in [0.2, 0.25) is 0 Å². The summed E-state index contributed by atoms with van der Waals surface area (Å²) < 4.78 is 27.8. The Kier molecular flexibility index (Phi) is 19.7. The number of piperidine rings is 2. The lowest BCUT2D eigenvalue weighted by Gasteiger charge is -2.34. The second kappa shape index (κ2) is 24.8. The number of carbonyl (C=O) groups is 3. The summed E-state index contributed by atoms with van der Waals surface area (Å²) in [5.41, 5.74) is 0.548. The molecule has 12 nitrogen and oxygen atoms in total. The third-order valence-corrected chi connectivity index (χ3v) is 10.00. The summed E-state index contributed by atoms with van der Waals surface area (Å²) >= 11 is 0. The van der Waals surface area contributed by atoms with Gasteiger partial charge in [-0.3, -0.25) is 4.79 Å². The highest BCUT2D eigenvalue weighted by atomic mass is 16.6. The van der Waals surface area contributed by atoms with Gasteiger partial charge < -0.3 is 44.1 Å². The molecule has 3 aliphatic heterocycles. The Morgan fingerprint density at radius 3 is 1.57 bits per heavy atom. The van der Waals surface area contributed by atoms with Gasteiger partial charge in [0.15, 0.2) is 11.5 Å². The minimum Gasteiger partial charge on any atom is -0.455 e. The number of amides is 3. The molecule has 3 radical (unpaired) electrons. The predicted molar refractivity (Wildman–Crippen MR) is 250 cm³/mol. The molecular formula is C50H66BN4O8. The van der Waals surface area contributed by atoms with E-state index in [9.17, 15) is 14.4 Å². The quantitative estimate of drug-likeness (QED) is 0.158. The van der Waals surface area contributed by atoms with Crippen molar-refractivity contribution in [2.45, 2.75) is 91.3 Å². The fraction of sp³-hybridized carbons (Fsp3) is 0.460. The first-order valence-electron chi connectivity index (χ1n) is 21.9. The minimum atomic E-state index is -0.556. The number of hydrogen-bond acceptors (Lipinski definition) is 9. The molecule has 2 atom stereocenters. The van der Waals surface area contributed by atoms with Gasteiger partial charge in [-0.05, 0) is 135 Å². The fourth-order valence-electron chi connectivity index (χ4n) is 7.00. The summed E-state index contributed by atoms with van der Waals surface area (Å²) in [5, 5.41) is 6.47. The number of carbonyl (C=O) groups excluding carboxylic acids is 3. The van der Waals surface area contributed by atoms with Gasteiger partial charge in [-0.2, -0.15) is 0 Å². The van der Waals surface area contributed by atoms with E-state index in [1.807, 2.05) is 156 Å². The van der Waals surface area contributed by atoms with Crippen LogP contribution in [0.4, 0.5) is 21.0 Å². The van der Waals surface area contributed by atoms with Gasteiger partial charge in [0.1, 0.15) is 22.7 Å². The highest BCUT2D eigenvalue weighted by molar-refractivity contribution is 5.94. The molecule has 0 bridgehead atoms. The van der Waals surface area contributed by atoms with Crippen LogP contribution in [0.3, 0.4) is 0 Å². The first kappa shape index (κ1) is 50.0. The number of nitrogens with one attached hydrogen (secondary N) is 2. The highest BCUT2D eigenvalue weighted by Crippen LogP contribution is 2.32. The number of hydrogen-bond donors (Lipinski definition) is 2. The summed E-state index contributed by atoms with van der Waals surface area (Å²) in [5.74, 6) is 2.85. The van der Waals surface area contributed by atoms with Gasteiger partial charge in [-0.1, -0.05) is 60.7 Å². The lowest BCUT2D eigenvalue weighted by atomic mass is 9.97. The minimum absolute atomic E-state index is 0. The molecule has 3 amide bonds. The van der Waals surface area contributed by atoms with Crippen molar-refractivity contribution in [3.8, 4) is 23.0 Å². The van der Waals surface area contributed by atoms with Crippen LogP contribution in [0, 0.1) is 11.8 Å². The Morgan fingerprint density at radius 2 is 1.06 bits per heavy atom. The Bertz CT molecular complexity index is 1980. The van der Waals surface area contributed by atoms with E-state index >= 15 is 0 Å². The summed E-state index contributed by atoms with van der Waals surface area (Å²) in [6.07, 6.45) is 5.54. The van der Waals surface area contributed by atoms with Crippen LogP contribution in [0.1, 0.15) is 80.1 Å². The van der Waals surface area contributed by atoms with Crippen molar-refractivity contribution in [2.24, 2.45) is 11.8 Å². The smallest absolute Gasteiger partial charge is 0.410 e. The predicted octanol–water partition coefficient (Wildman–Crippen LogP) is 11.0. The molecular weight excluding hydrogens is 795 g/mol. The molecule has 2 N–H and O–H groups in total. The molecule has 3 fully saturated rings. The number of nitrogens with zero attached hydrogens (tertiary/aromatic N) is 2. The average Bonchev–Trinajstić information content (AvgIpc) is 3.85. The van der Waals surface area contributed by atoms with Gasteiger partial charge in [0, 0.05) is 54.4 Å². The lowest BCUT2D eigenvalue weighted by molar-refractivity contribution is -0.121. The highest BCUT2D eigenvalue weighted by Gasteiger charge is 2.32. The molecule has 7 rings (SSSR count). The van der Waals surface area contributed by atoms with E-state index in [1.54, 1.807) is 4.90 Å². The number of anilines is 2. The van der Waals surface area contributed by atoms with Gasteiger partial charge in [0.05, 0.1) is 17.3 Å². The summed E-state index contributed by atoms with van der Waals surface area (Å²) in [6, 6.07) is 34.5. The van der Waals surface area contributed by atoms with Gasteiger partial charge >= 0.3 is 12.2 Å². The van der Waals surface area contributed by atoms with E-state index < -0.39 is 11.2 Å². The second-order valence-corrected chi connectivity index (χ2v) is 17.7. The number of rotatable bonds is 9. The standard InChI is InChI=1S/C23H28N2O4.C23H30N2O3.C4H8O.B/c1-23(2,3)29-22(27)25-15-9-10-17(16-25)21(26)24-19-13-7-8-14-20(19)28-18-11-5-4-6-12-18;1-23(2,3)28-22(26)25-15-9-10-18(17-25)16-24-20-13-7-8-14-21(20)27-19-11-5-4-6-12-19;1-2-4-5-3-1;/h4-8,11-14,17H,9-10,15-16H2,1-3H3,(H,24,26);4-8,11-14,18,24H,9-10,15-17H2,1-3H3;1-4H2;. The molecule has 0 spiro atoms. The van der Waals surface area contributed by atoms with Crippen molar-refractivity contribution in [2.75, 3.05) is 56.6 Å². The van der Waals surface area contributed by atoms with Crippen LogP contribution >= 0.6 is 0 Å². The van der Waals surface area contributed by atoms with E-state index in [-0.39, 0.29) is 32.4 Å².